The molecule has 1 amide bonds. The van der Waals surface area contributed by atoms with Crippen molar-refractivity contribution < 1.29 is 4.79 Å². The van der Waals surface area contributed by atoms with Crippen LogP contribution >= 0.6 is 11.8 Å². The molecule has 0 radical (unpaired) electrons. The molecule has 2 heterocycles. The minimum Gasteiger partial charge on any atom is -0.325 e. The fourth-order valence-electron chi connectivity index (χ4n) is 2.86. The molecule has 1 aromatic carbocycles. The van der Waals surface area contributed by atoms with Gasteiger partial charge < -0.3 is 9.88 Å². The molecular formula is C18H21N5O3S. The number of rotatable bonds is 5. The summed E-state index contributed by atoms with van der Waals surface area (Å²) in [7, 11) is 3.02. The second-order valence-corrected chi connectivity index (χ2v) is 7.11. The van der Waals surface area contributed by atoms with Gasteiger partial charge in [0.1, 0.15) is 0 Å². The lowest BCUT2D eigenvalue weighted by molar-refractivity contribution is -0.113. The number of fused-ring (bicyclic) bond motifs is 1. The Labute approximate surface area is 159 Å². The molecule has 0 spiro atoms. The lowest BCUT2D eigenvalue weighted by Gasteiger charge is -2.08. The van der Waals surface area contributed by atoms with E-state index in [4.69, 9.17) is 0 Å². The van der Waals surface area contributed by atoms with E-state index in [1.807, 2.05) is 38.1 Å². The first-order valence-corrected chi connectivity index (χ1v) is 9.48. The molecule has 0 saturated carbocycles. The third-order valence-corrected chi connectivity index (χ3v) is 5.36. The Morgan fingerprint density at radius 3 is 2.56 bits per heavy atom. The number of anilines is 1. The van der Waals surface area contributed by atoms with Crippen molar-refractivity contribution in [2.24, 2.45) is 14.1 Å². The molecule has 3 aromatic rings. The Morgan fingerprint density at radius 2 is 1.89 bits per heavy atom. The highest BCUT2D eigenvalue weighted by Crippen LogP contribution is 2.22. The van der Waals surface area contributed by atoms with E-state index in [-0.39, 0.29) is 11.7 Å². The molecule has 0 aliphatic rings. The summed E-state index contributed by atoms with van der Waals surface area (Å²) in [4.78, 5) is 41.4. The van der Waals surface area contributed by atoms with Gasteiger partial charge in [-0.25, -0.2) is 9.78 Å². The number of nitrogens with zero attached hydrogens (tertiary/aromatic N) is 4. The zero-order valence-corrected chi connectivity index (χ0v) is 16.5. The van der Waals surface area contributed by atoms with Crippen LogP contribution in [0.2, 0.25) is 0 Å². The number of imidazole rings is 1. The van der Waals surface area contributed by atoms with Gasteiger partial charge in [-0.2, -0.15) is 0 Å². The van der Waals surface area contributed by atoms with Crippen molar-refractivity contribution in [2.75, 3.05) is 11.1 Å². The standard InChI is InChI=1S/C18H21N5O3S/c1-5-23-14-15(21(3)18(26)22(4)16(14)25)20-17(23)27-10-13(24)19-12-9-7-6-8-11(12)2/h6-9H,5,10H2,1-4H3,(H,19,24). The molecule has 0 atom stereocenters. The quantitative estimate of drug-likeness (QED) is 0.670. The molecule has 0 unspecified atom stereocenters. The van der Waals surface area contributed by atoms with Gasteiger partial charge in [-0.1, -0.05) is 30.0 Å². The van der Waals surface area contributed by atoms with Crippen LogP contribution in [0.15, 0.2) is 39.0 Å². The highest BCUT2D eigenvalue weighted by atomic mass is 32.2. The number of amides is 1. The Morgan fingerprint density at radius 1 is 1.19 bits per heavy atom. The first-order chi connectivity index (χ1) is 12.8. The molecule has 142 valence electrons. The summed E-state index contributed by atoms with van der Waals surface area (Å²) in [6.45, 7) is 4.32. The molecular weight excluding hydrogens is 366 g/mol. The number of carbonyl (C=O) groups is 1. The average Bonchev–Trinajstić information content (AvgIpc) is 3.03. The summed E-state index contributed by atoms with van der Waals surface area (Å²) in [6.07, 6.45) is 0. The molecule has 27 heavy (non-hydrogen) atoms. The van der Waals surface area contributed by atoms with Crippen LogP contribution in [0, 0.1) is 6.92 Å². The molecule has 8 nitrogen and oxygen atoms in total. The third kappa shape index (κ3) is 3.42. The number of aromatic nitrogens is 4. The van der Waals surface area contributed by atoms with Gasteiger partial charge in [0.05, 0.1) is 5.75 Å². The molecule has 0 aliphatic heterocycles. The van der Waals surface area contributed by atoms with Crippen molar-refractivity contribution in [2.45, 2.75) is 25.5 Å². The minimum atomic E-state index is -0.429. The van der Waals surface area contributed by atoms with Gasteiger partial charge >= 0.3 is 5.69 Å². The maximum Gasteiger partial charge on any atom is 0.332 e. The molecule has 0 aliphatic carbocycles. The average molecular weight is 387 g/mol. The fourth-order valence-corrected chi connectivity index (χ4v) is 3.72. The molecule has 1 N–H and O–H groups in total. The summed E-state index contributed by atoms with van der Waals surface area (Å²) in [5.41, 5.74) is 1.62. The topological polar surface area (TPSA) is 90.9 Å². The molecule has 9 heteroatoms. The van der Waals surface area contributed by atoms with Gasteiger partial charge in [-0.05, 0) is 25.5 Å². The number of hydrogen-bond donors (Lipinski definition) is 1. The predicted molar refractivity (Wildman–Crippen MR) is 106 cm³/mol. The lowest BCUT2D eigenvalue weighted by Crippen LogP contribution is -2.37. The van der Waals surface area contributed by atoms with Crippen LogP contribution < -0.4 is 16.6 Å². The number of aryl methyl sites for hydroxylation is 3. The molecule has 3 rings (SSSR count). The second-order valence-electron chi connectivity index (χ2n) is 6.17. The van der Waals surface area contributed by atoms with Crippen LogP contribution in [0.3, 0.4) is 0 Å². The van der Waals surface area contributed by atoms with Gasteiger partial charge in [0.2, 0.25) is 5.91 Å². The third-order valence-electron chi connectivity index (χ3n) is 4.38. The van der Waals surface area contributed by atoms with E-state index < -0.39 is 11.2 Å². The SMILES string of the molecule is CCn1c(SCC(=O)Nc2ccccc2C)nc2c1c(=O)n(C)c(=O)n2C. The van der Waals surface area contributed by atoms with Crippen LogP contribution in [0.4, 0.5) is 5.69 Å². The van der Waals surface area contributed by atoms with Crippen molar-refractivity contribution in [3.05, 3.63) is 50.7 Å². The summed E-state index contributed by atoms with van der Waals surface area (Å²) in [5, 5.41) is 3.41. The van der Waals surface area contributed by atoms with Crippen LogP contribution in [0.25, 0.3) is 11.2 Å². The summed E-state index contributed by atoms with van der Waals surface area (Å²) in [5.74, 6) is -0.0165. The minimum absolute atomic E-state index is 0.145. The Hall–Kier alpha value is -2.81. The van der Waals surface area contributed by atoms with E-state index in [0.29, 0.717) is 22.9 Å². The number of hydrogen-bond acceptors (Lipinski definition) is 5. The van der Waals surface area contributed by atoms with Crippen LogP contribution in [0.1, 0.15) is 12.5 Å². The first-order valence-electron chi connectivity index (χ1n) is 8.49. The number of carbonyl (C=O) groups excluding carboxylic acids is 1. The summed E-state index contributed by atoms with van der Waals surface area (Å²) < 4.78 is 4.15. The fraction of sp³-hybridized carbons (Fsp3) is 0.333. The first kappa shape index (κ1) is 19.0. The normalized spacial score (nSPS) is 11.1. The van der Waals surface area contributed by atoms with E-state index in [1.165, 1.54) is 23.4 Å². The zero-order valence-electron chi connectivity index (χ0n) is 15.6. The number of para-hydroxylation sites is 1. The van der Waals surface area contributed by atoms with Crippen molar-refractivity contribution in [1.29, 1.82) is 0 Å². The van der Waals surface area contributed by atoms with Gasteiger partial charge in [-0.15, -0.1) is 0 Å². The monoisotopic (exact) mass is 387 g/mol. The van der Waals surface area contributed by atoms with Gasteiger partial charge in [0.15, 0.2) is 16.3 Å². The van der Waals surface area contributed by atoms with Gasteiger partial charge in [0, 0.05) is 26.3 Å². The highest BCUT2D eigenvalue weighted by molar-refractivity contribution is 7.99. The second kappa shape index (κ2) is 7.43. The summed E-state index contributed by atoms with van der Waals surface area (Å²) in [6, 6.07) is 7.55. The van der Waals surface area contributed by atoms with Crippen molar-refractivity contribution in [3.63, 3.8) is 0 Å². The maximum atomic E-state index is 12.5. The number of nitrogens with one attached hydrogen (secondary N) is 1. The van der Waals surface area contributed by atoms with Crippen LogP contribution in [-0.2, 0) is 25.4 Å². The van der Waals surface area contributed by atoms with Crippen LogP contribution in [-0.4, -0.2) is 30.3 Å². The molecule has 0 bridgehead atoms. The van der Waals surface area contributed by atoms with Crippen molar-refractivity contribution >= 4 is 34.5 Å². The van der Waals surface area contributed by atoms with Crippen molar-refractivity contribution in [1.82, 2.24) is 18.7 Å². The zero-order chi connectivity index (χ0) is 19.7. The van der Waals surface area contributed by atoms with E-state index in [1.54, 1.807) is 11.6 Å². The van der Waals surface area contributed by atoms with E-state index in [9.17, 15) is 14.4 Å². The smallest absolute Gasteiger partial charge is 0.325 e. The molecule has 0 saturated heterocycles. The van der Waals surface area contributed by atoms with E-state index >= 15 is 0 Å². The largest absolute Gasteiger partial charge is 0.332 e. The Kier molecular flexibility index (Phi) is 5.22. The molecule has 2 aromatic heterocycles. The van der Waals surface area contributed by atoms with E-state index in [0.717, 1.165) is 15.8 Å². The van der Waals surface area contributed by atoms with E-state index in [2.05, 4.69) is 10.3 Å². The number of benzene rings is 1. The summed E-state index contributed by atoms with van der Waals surface area (Å²) >= 11 is 1.24. The highest BCUT2D eigenvalue weighted by Gasteiger charge is 2.19. The number of thioether (sulfide) groups is 1. The Bertz CT molecular complexity index is 1140. The Balaban J connectivity index is 1.89. The van der Waals surface area contributed by atoms with Gasteiger partial charge in [0.25, 0.3) is 5.56 Å². The molecule has 0 fully saturated rings. The maximum absolute atomic E-state index is 12.5. The lowest BCUT2D eigenvalue weighted by atomic mass is 10.2. The predicted octanol–water partition coefficient (Wildman–Crippen LogP) is 1.49. The van der Waals surface area contributed by atoms with Crippen LogP contribution in [0.5, 0.6) is 0 Å². The van der Waals surface area contributed by atoms with Crippen molar-refractivity contribution in [3.8, 4) is 0 Å². The van der Waals surface area contributed by atoms with Gasteiger partial charge in [-0.3, -0.25) is 18.7 Å².